The van der Waals surface area contributed by atoms with Gasteiger partial charge in [-0.15, -0.1) is 0 Å². The second-order valence-electron chi connectivity index (χ2n) is 6.44. The van der Waals surface area contributed by atoms with E-state index in [9.17, 15) is 9.18 Å². The fourth-order valence-electron chi connectivity index (χ4n) is 3.29. The van der Waals surface area contributed by atoms with Crippen LogP contribution >= 0.6 is 15.9 Å². The molecule has 0 bridgehead atoms. The highest BCUT2D eigenvalue weighted by atomic mass is 79.9. The molecule has 1 unspecified atom stereocenters. The molecule has 2 aromatic rings. The van der Waals surface area contributed by atoms with Gasteiger partial charge in [0.05, 0.1) is 5.56 Å². The molecular formula is C20H22BrFN2O. The number of likely N-dealkylation sites (tertiary alicyclic amines) is 1. The number of nitrogens with zero attached hydrogens (tertiary/aromatic N) is 1. The summed E-state index contributed by atoms with van der Waals surface area (Å²) in [6.45, 7) is 2.51. The number of piperidine rings is 1. The number of carbonyl (C=O) groups excluding carboxylic acids is 1. The predicted octanol–water partition coefficient (Wildman–Crippen LogP) is 4.37. The fourth-order valence-corrected chi connectivity index (χ4v) is 3.72. The van der Waals surface area contributed by atoms with Gasteiger partial charge < -0.3 is 5.32 Å². The smallest absolute Gasteiger partial charge is 0.252 e. The van der Waals surface area contributed by atoms with Gasteiger partial charge in [0, 0.05) is 23.6 Å². The van der Waals surface area contributed by atoms with E-state index in [0.717, 1.165) is 19.5 Å². The van der Waals surface area contributed by atoms with Gasteiger partial charge >= 0.3 is 0 Å². The fraction of sp³-hybridized carbons (Fsp3) is 0.350. The van der Waals surface area contributed by atoms with Crippen molar-refractivity contribution in [3.8, 4) is 0 Å². The molecule has 1 heterocycles. The summed E-state index contributed by atoms with van der Waals surface area (Å²) in [7, 11) is 0. The molecule has 0 radical (unpaired) electrons. The lowest BCUT2D eigenvalue weighted by Crippen LogP contribution is -2.46. The standard InChI is InChI=1S/C20H22BrFN2O/c21-19-10-9-16(22)12-18(19)20(25)23-13-17-8-4-5-11-24(17)14-15-6-2-1-3-7-15/h1-3,6-7,9-10,12,17H,4-5,8,11,13-14H2,(H,23,25). The molecular weight excluding hydrogens is 383 g/mol. The first-order chi connectivity index (χ1) is 12.1. The lowest BCUT2D eigenvalue weighted by atomic mass is 10.0. The number of hydrogen-bond donors (Lipinski definition) is 1. The summed E-state index contributed by atoms with van der Waals surface area (Å²) in [4.78, 5) is 14.8. The molecule has 1 aliphatic rings. The van der Waals surface area contributed by atoms with Crippen LogP contribution in [0.15, 0.2) is 53.0 Å². The third-order valence-electron chi connectivity index (χ3n) is 4.65. The van der Waals surface area contributed by atoms with E-state index < -0.39 is 5.82 Å². The minimum Gasteiger partial charge on any atom is -0.350 e. The monoisotopic (exact) mass is 404 g/mol. The number of carbonyl (C=O) groups is 1. The summed E-state index contributed by atoms with van der Waals surface area (Å²) in [6, 6.07) is 14.9. The Morgan fingerprint density at radius 1 is 1.20 bits per heavy atom. The highest BCUT2D eigenvalue weighted by Gasteiger charge is 2.23. The Morgan fingerprint density at radius 2 is 2.00 bits per heavy atom. The Bertz CT molecular complexity index is 723. The second-order valence-corrected chi connectivity index (χ2v) is 7.29. The van der Waals surface area contributed by atoms with Crippen molar-refractivity contribution in [2.45, 2.75) is 31.8 Å². The molecule has 0 spiro atoms. The third-order valence-corrected chi connectivity index (χ3v) is 5.34. The number of nitrogens with one attached hydrogen (secondary N) is 1. The quantitative estimate of drug-likeness (QED) is 0.801. The Kier molecular flexibility index (Phi) is 6.21. The summed E-state index contributed by atoms with van der Waals surface area (Å²) in [5, 5.41) is 2.98. The van der Waals surface area contributed by atoms with Gasteiger partial charge in [-0.25, -0.2) is 4.39 Å². The molecule has 132 valence electrons. The van der Waals surface area contributed by atoms with Gasteiger partial charge in [-0.05, 0) is 59.1 Å². The van der Waals surface area contributed by atoms with Crippen LogP contribution in [-0.4, -0.2) is 29.9 Å². The normalized spacial score (nSPS) is 18.1. The van der Waals surface area contributed by atoms with E-state index in [1.807, 2.05) is 6.07 Å². The van der Waals surface area contributed by atoms with Gasteiger partial charge in [-0.1, -0.05) is 36.8 Å². The van der Waals surface area contributed by atoms with E-state index in [4.69, 9.17) is 0 Å². The van der Waals surface area contributed by atoms with Crippen LogP contribution in [0.1, 0.15) is 35.2 Å². The van der Waals surface area contributed by atoms with Crippen LogP contribution in [-0.2, 0) is 6.54 Å². The van der Waals surface area contributed by atoms with Crippen LogP contribution in [0.4, 0.5) is 4.39 Å². The maximum absolute atomic E-state index is 13.4. The van der Waals surface area contributed by atoms with E-state index in [2.05, 4.69) is 50.4 Å². The first-order valence-corrected chi connectivity index (χ1v) is 9.44. The molecule has 1 atom stereocenters. The minimum atomic E-state index is -0.406. The van der Waals surface area contributed by atoms with E-state index in [1.54, 1.807) is 6.07 Å². The predicted molar refractivity (Wildman–Crippen MR) is 101 cm³/mol. The zero-order chi connectivity index (χ0) is 17.6. The zero-order valence-electron chi connectivity index (χ0n) is 14.1. The van der Waals surface area contributed by atoms with Crippen molar-refractivity contribution in [1.29, 1.82) is 0 Å². The maximum Gasteiger partial charge on any atom is 0.252 e. The average molecular weight is 405 g/mol. The summed E-state index contributed by atoms with van der Waals surface area (Å²) in [5.41, 5.74) is 1.62. The molecule has 1 saturated heterocycles. The van der Waals surface area contributed by atoms with E-state index >= 15 is 0 Å². The first kappa shape index (κ1) is 18.1. The third kappa shape index (κ3) is 4.89. The largest absolute Gasteiger partial charge is 0.350 e. The van der Waals surface area contributed by atoms with Crippen LogP contribution in [0.3, 0.4) is 0 Å². The van der Waals surface area contributed by atoms with E-state index in [1.165, 1.54) is 30.5 Å². The number of benzene rings is 2. The van der Waals surface area contributed by atoms with Gasteiger partial charge in [-0.3, -0.25) is 9.69 Å². The van der Waals surface area contributed by atoms with Crippen molar-refractivity contribution in [2.75, 3.05) is 13.1 Å². The maximum atomic E-state index is 13.4. The summed E-state index contributed by atoms with van der Waals surface area (Å²) in [6.07, 6.45) is 3.43. The molecule has 5 heteroatoms. The molecule has 0 saturated carbocycles. The highest BCUT2D eigenvalue weighted by molar-refractivity contribution is 9.10. The van der Waals surface area contributed by atoms with Crippen molar-refractivity contribution < 1.29 is 9.18 Å². The summed E-state index contributed by atoms with van der Waals surface area (Å²) >= 11 is 3.32. The number of rotatable bonds is 5. The Balaban J connectivity index is 1.62. The van der Waals surface area contributed by atoms with Crippen LogP contribution < -0.4 is 5.32 Å². The van der Waals surface area contributed by atoms with Gasteiger partial charge in [0.2, 0.25) is 0 Å². The highest BCUT2D eigenvalue weighted by Crippen LogP contribution is 2.20. The molecule has 3 rings (SSSR count). The lowest BCUT2D eigenvalue weighted by Gasteiger charge is -2.36. The molecule has 1 N–H and O–H groups in total. The van der Waals surface area contributed by atoms with Gasteiger partial charge in [0.1, 0.15) is 5.82 Å². The Morgan fingerprint density at radius 3 is 2.80 bits per heavy atom. The zero-order valence-corrected chi connectivity index (χ0v) is 15.6. The van der Waals surface area contributed by atoms with Crippen LogP contribution in [0, 0.1) is 5.82 Å². The average Bonchev–Trinajstić information content (AvgIpc) is 2.63. The first-order valence-electron chi connectivity index (χ1n) is 8.65. The van der Waals surface area contributed by atoms with Crippen molar-refractivity contribution in [3.05, 3.63) is 69.9 Å². The van der Waals surface area contributed by atoms with E-state index in [0.29, 0.717) is 22.6 Å². The minimum absolute atomic E-state index is 0.239. The molecule has 1 fully saturated rings. The number of hydrogen-bond acceptors (Lipinski definition) is 2. The van der Waals surface area contributed by atoms with Crippen molar-refractivity contribution in [1.82, 2.24) is 10.2 Å². The number of halogens is 2. The van der Waals surface area contributed by atoms with Crippen LogP contribution in [0.5, 0.6) is 0 Å². The molecule has 3 nitrogen and oxygen atoms in total. The molecule has 0 aromatic heterocycles. The SMILES string of the molecule is O=C(NCC1CCCCN1Cc1ccccc1)c1cc(F)ccc1Br. The lowest BCUT2D eigenvalue weighted by molar-refractivity contribution is 0.0906. The van der Waals surface area contributed by atoms with Gasteiger partial charge in [0.25, 0.3) is 5.91 Å². The molecule has 0 aliphatic carbocycles. The van der Waals surface area contributed by atoms with Gasteiger partial charge in [0.15, 0.2) is 0 Å². The number of amides is 1. The van der Waals surface area contributed by atoms with Crippen LogP contribution in [0.2, 0.25) is 0 Å². The van der Waals surface area contributed by atoms with Crippen molar-refractivity contribution in [3.63, 3.8) is 0 Å². The molecule has 2 aromatic carbocycles. The Hall–Kier alpha value is -1.72. The van der Waals surface area contributed by atoms with Crippen molar-refractivity contribution in [2.24, 2.45) is 0 Å². The summed E-state index contributed by atoms with van der Waals surface area (Å²) in [5.74, 6) is -0.645. The Labute approximate surface area is 156 Å². The molecule has 25 heavy (non-hydrogen) atoms. The molecule has 1 aliphatic heterocycles. The molecule has 1 amide bonds. The van der Waals surface area contributed by atoms with Gasteiger partial charge in [-0.2, -0.15) is 0 Å². The topological polar surface area (TPSA) is 32.3 Å². The summed E-state index contributed by atoms with van der Waals surface area (Å²) < 4.78 is 14.0. The second kappa shape index (κ2) is 8.59. The van der Waals surface area contributed by atoms with Crippen molar-refractivity contribution >= 4 is 21.8 Å². The van der Waals surface area contributed by atoms with Crippen LogP contribution in [0.25, 0.3) is 0 Å². The van der Waals surface area contributed by atoms with E-state index in [-0.39, 0.29) is 5.91 Å².